The molecule has 96 valence electrons. The smallest absolute Gasteiger partial charge is 0.0931 e. The van der Waals surface area contributed by atoms with E-state index in [-0.39, 0.29) is 5.84 Å². The Kier molecular flexibility index (Phi) is 5.95. The number of nitrogens with one attached hydrogen (secondary N) is 1. The molecular formula is C12H20ClN3S. The van der Waals surface area contributed by atoms with Crippen LogP contribution in [0, 0.1) is 11.3 Å². The van der Waals surface area contributed by atoms with Crippen LogP contribution < -0.4 is 5.73 Å². The fraction of sp³-hybridized carbons (Fsp3) is 0.583. The Morgan fingerprint density at radius 1 is 1.53 bits per heavy atom. The molecule has 0 saturated carbocycles. The van der Waals surface area contributed by atoms with Crippen LogP contribution in [0.1, 0.15) is 25.1 Å². The number of hydrogen-bond acceptors (Lipinski definition) is 3. The van der Waals surface area contributed by atoms with Gasteiger partial charge in [-0.2, -0.15) is 0 Å². The standard InChI is InChI=1S/C12H20ClN3S/c1-9(2)7-16(6-5-12(14)15)8-10-3-4-11(13)17-10/h3-4,9H,5-8H2,1-2H3,(H3,14,15). The molecule has 0 saturated heterocycles. The summed E-state index contributed by atoms with van der Waals surface area (Å²) in [5.74, 6) is 0.861. The van der Waals surface area contributed by atoms with E-state index in [0.717, 1.165) is 24.0 Å². The van der Waals surface area contributed by atoms with Crippen molar-refractivity contribution in [3.8, 4) is 0 Å². The molecule has 0 amide bonds. The SMILES string of the molecule is CC(C)CN(CCC(=N)N)Cc1ccc(Cl)s1. The third-order valence-corrected chi connectivity index (χ3v) is 3.54. The van der Waals surface area contributed by atoms with Gasteiger partial charge >= 0.3 is 0 Å². The molecule has 0 aliphatic carbocycles. The molecule has 3 nitrogen and oxygen atoms in total. The predicted molar refractivity (Wildman–Crippen MR) is 76.0 cm³/mol. The highest BCUT2D eigenvalue weighted by molar-refractivity contribution is 7.16. The van der Waals surface area contributed by atoms with Crippen LogP contribution in [-0.4, -0.2) is 23.8 Å². The summed E-state index contributed by atoms with van der Waals surface area (Å²) < 4.78 is 0.830. The number of nitrogens with two attached hydrogens (primary N) is 1. The van der Waals surface area contributed by atoms with Gasteiger partial charge in [-0.3, -0.25) is 10.3 Å². The quantitative estimate of drug-likeness (QED) is 0.592. The van der Waals surface area contributed by atoms with Crippen molar-refractivity contribution in [2.24, 2.45) is 11.7 Å². The van der Waals surface area contributed by atoms with Crippen LogP contribution in [0.15, 0.2) is 12.1 Å². The molecule has 17 heavy (non-hydrogen) atoms. The zero-order valence-corrected chi connectivity index (χ0v) is 11.9. The molecule has 0 fully saturated rings. The van der Waals surface area contributed by atoms with E-state index in [1.54, 1.807) is 11.3 Å². The Bertz CT molecular complexity index is 362. The lowest BCUT2D eigenvalue weighted by atomic mass is 10.2. The zero-order valence-electron chi connectivity index (χ0n) is 10.4. The van der Waals surface area contributed by atoms with Gasteiger partial charge in [0.2, 0.25) is 0 Å². The topological polar surface area (TPSA) is 53.1 Å². The number of nitrogens with zero attached hydrogens (tertiary/aromatic N) is 1. The minimum atomic E-state index is 0.253. The van der Waals surface area contributed by atoms with Gasteiger partial charge in [-0.05, 0) is 18.1 Å². The Balaban J connectivity index is 2.53. The van der Waals surface area contributed by atoms with Gasteiger partial charge in [0.1, 0.15) is 0 Å². The molecule has 0 aliphatic heterocycles. The van der Waals surface area contributed by atoms with Gasteiger partial charge in [-0.25, -0.2) is 0 Å². The fourth-order valence-corrected chi connectivity index (χ4v) is 2.82. The highest BCUT2D eigenvalue weighted by Gasteiger charge is 2.10. The van der Waals surface area contributed by atoms with Crippen molar-refractivity contribution >= 4 is 28.8 Å². The normalized spacial score (nSPS) is 11.4. The maximum Gasteiger partial charge on any atom is 0.0931 e. The predicted octanol–water partition coefficient (Wildman–Crippen LogP) is 3.19. The van der Waals surface area contributed by atoms with Crippen molar-refractivity contribution in [1.29, 1.82) is 5.41 Å². The van der Waals surface area contributed by atoms with Crippen LogP contribution >= 0.6 is 22.9 Å². The second kappa shape index (κ2) is 6.99. The monoisotopic (exact) mass is 273 g/mol. The first kappa shape index (κ1) is 14.5. The third kappa shape index (κ3) is 6.05. The van der Waals surface area contributed by atoms with Crippen molar-refractivity contribution in [2.45, 2.75) is 26.8 Å². The van der Waals surface area contributed by atoms with Gasteiger partial charge in [-0.1, -0.05) is 25.4 Å². The minimum Gasteiger partial charge on any atom is -0.388 e. The number of thiophene rings is 1. The van der Waals surface area contributed by atoms with E-state index in [9.17, 15) is 0 Å². The van der Waals surface area contributed by atoms with Crippen molar-refractivity contribution < 1.29 is 0 Å². The lowest BCUT2D eigenvalue weighted by Crippen LogP contribution is -2.30. The summed E-state index contributed by atoms with van der Waals surface area (Å²) in [5, 5.41) is 7.29. The highest BCUT2D eigenvalue weighted by atomic mass is 35.5. The Morgan fingerprint density at radius 2 is 2.24 bits per heavy atom. The summed E-state index contributed by atoms with van der Waals surface area (Å²) in [7, 11) is 0. The molecule has 1 heterocycles. The molecule has 1 aromatic rings. The molecule has 0 radical (unpaired) electrons. The highest BCUT2D eigenvalue weighted by Crippen LogP contribution is 2.23. The zero-order chi connectivity index (χ0) is 12.8. The lowest BCUT2D eigenvalue weighted by Gasteiger charge is -2.23. The van der Waals surface area contributed by atoms with Crippen molar-refractivity contribution in [2.75, 3.05) is 13.1 Å². The second-order valence-corrected chi connectivity index (χ2v) is 6.41. The van der Waals surface area contributed by atoms with E-state index in [1.807, 2.05) is 6.07 Å². The van der Waals surface area contributed by atoms with Crippen LogP contribution in [0.3, 0.4) is 0 Å². The van der Waals surface area contributed by atoms with Gasteiger partial charge in [0.25, 0.3) is 0 Å². The molecule has 1 rings (SSSR count). The molecule has 0 spiro atoms. The first-order valence-corrected chi connectivity index (χ1v) is 6.96. The summed E-state index contributed by atoms with van der Waals surface area (Å²) >= 11 is 7.54. The largest absolute Gasteiger partial charge is 0.388 e. The molecule has 5 heteroatoms. The summed E-state index contributed by atoms with van der Waals surface area (Å²) in [6.07, 6.45) is 0.631. The molecule has 0 unspecified atom stereocenters. The third-order valence-electron chi connectivity index (χ3n) is 2.33. The van der Waals surface area contributed by atoms with Crippen LogP contribution in [-0.2, 0) is 6.54 Å². The van der Waals surface area contributed by atoms with Crippen LogP contribution in [0.2, 0.25) is 4.34 Å². The van der Waals surface area contributed by atoms with Gasteiger partial charge in [-0.15, -0.1) is 11.3 Å². The van der Waals surface area contributed by atoms with Crippen LogP contribution in [0.5, 0.6) is 0 Å². The van der Waals surface area contributed by atoms with Crippen molar-refractivity contribution in [3.63, 3.8) is 0 Å². The number of rotatable bonds is 7. The van der Waals surface area contributed by atoms with E-state index >= 15 is 0 Å². The second-order valence-electron chi connectivity index (χ2n) is 4.61. The maximum absolute atomic E-state index is 7.29. The van der Waals surface area contributed by atoms with E-state index < -0.39 is 0 Å². The minimum absolute atomic E-state index is 0.253. The Labute approximate surface area is 112 Å². The summed E-state index contributed by atoms with van der Waals surface area (Å²) in [5.41, 5.74) is 5.41. The van der Waals surface area contributed by atoms with Crippen molar-refractivity contribution in [3.05, 3.63) is 21.3 Å². The lowest BCUT2D eigenvalue weighted by molar-refractivity contribution is 0.244. The van der Waals surface area contributed by atoms with Gasteiger partial charge in [0.05, 0.1) is 10.2 Å². The van der Waals surface area contributed by atoms with Gasteiger partial charge < -0.3 is 5.73 Å². The van der Waals surface area contributed by atoms with Gasteiger partial charge in [0.15, 0.2) is 0 Å². The Morgan fingerprint density at radius 3 is 2.71 bits per heavy atom. The molecule has 0 atom stereocenters. The molecule has 3 N–H and O–H groups in total. The van der Waals surface area contributed by atoms with Crippen LogP contribution in [0.25, 0.3) is 0 Å². The fourth-order valence-electron chi connectivity index (χ4n) is 1.69. The Hall–Kier alpha value is -0.580. The molecule has 0 aromatic carbocycles. The number of amidine groups is 1. The summed E-state index contributed by atoms with van der Waals surface area (Å²) in [4.78, 5) is 3.59. The summed E-state index contributed by atoms with van der Waals surface area (Å²) in [6, 6.07) is 3.99. The first-order chi connectivity index (χ1) is 7.97. The first-order valence-electron chi connectivity index (χ1n) is 5.77. The average molecular weight is 274 g/mol. The van der Waals surface area contributed by atoms with Gasteiger partial charge in [0, 0.05) is 30.9 Å². The van der Waals surface area contributed by atoms with Crippen molar-refractivity contribution in [1.82, 2.24) is 4.90 Å². The molecule has 0 aliphatic rings. The summed E-state index contributed by atoms with van der Waals surface area (Å²) in [6.45, 7) is 7.14. The number of halogens is 1. The molecule has 0 bridgehead atoms. The van der Waals surface area contributed by atoms with E-state index in [4.69, 9.17) is 22.7 Å². The van der Waals surface area contributed by atoms with E-state index in [0.29, 0.717) is 12.3 Å². The number of hydrogen-bond donors (Lipinski definition) is 2. The van der Waals surface area contributed by atoms with E-state index in [2.05, 4.69) is 24.8 Å². The molecular weight excluding hydrogens is 254 g/mol. The average Bonchev–Trinajstić information content (AvgIpc) is 2.59. The van der Waals surface area contributed by atoms with Crippen LogP contribution in [0.4, 0.5) is 0 Å². The maximum atomic E-state index is 7.29. The van der Waals surface area contributed by atoms with E-state index in [1.165, 1.54) is 4.88 Å². The molecule has 1 aromatic heterocycles.